The molecule has 0 radical (unpaired) electrons. The summed E-state index contributed by atoms with van der Waals surface area (Å²) in [4.78, 5) is 4.05. The van der Waals surface area contributed by atoms with Gasteiger partial charge in [-0.25, -0.2) is 0 Å². The Morgan fingerprint density at radius 2 is 1.89 bits per heavy atom. The van der Waals surface area contributed by atoms with Crippen LogP contribution in [0.3, 0.4) is 0 Å². The van der Waals surface area contributed by atoms with Crippen molar-refractivity contribution >= 4 is 0 Å². The molecule has 2 N–H and O–H groups in total. The quantitative estimate of drug-likeness (QED) is 0.846. The van der Waals surface area contributed by atoms with E-state index in [0.29, 0.717) is 6.61 Å². The van der Waals surface area contributed by atoms with Crippen molar-refractivity contribution in [1.29, 1.82) is 0 Å². The molecule has 1 heterocycles. The van der Waals surface area contributed by atoms with Gasteiger partial charge in [-0.2, -0.15) is 0 Å². The minimum absolute atomic E-state index is 0.552. The van der Waals surface area contributed by atoms with Gasteiger partial charge in [0.25, 0.3) is 0 Å². The van der Waals surface area contributed by atoms with Crippen LogP contribution in [0.25, 0.3) is 0 Å². The number of pyridine rings is 1. The molecule has 2 rings (SSSR count). The average molecular weight is 242 g/mol. The minimum Gasteiger partial charge on any atom is -0.489 e. The molecule has 0 aliphatic carbocycles. The van der Waals surface area contributed by atoms with Crippen molar-refractivity contribution in [2.45, 2.75) is 19.4 Å². The predicted octanol–water partition coefficient (Wildman–Crippen LogP) is 2.55. The SMILES string of the molecule is NCCCc1ccc(OCc2cccnc2)cc1. The van der Waals surface area contributed by atoms with Gasteiger partial charge in [-0.15, -0.1) is 0 Å². The van der Waals surface area contributed by atoms with Gasteiger partial charge in [0.05, 0.1) is 0 Å². The molecule has 0 saturated carbocycles. The molecule has 1 aromatic carbocycles. The van der Waals surface area contributed by atoms with Crippen molar-refractivity contribution in [2.75, 3.05) is 6.54 Å². The fourth-order valence-corrected chi connectivity index (χ4v) is 1.71. The monoisotopic (exact) mass is 242 g/mol. The van der Waals surface area contributed by atoms with Gasteiger partial charge in [-0.05, 0) is 43.1 Å². The Morgan fingerprint density at radius 1 is 1.06 bits per heavy atom. The van der Waals surface area contributed by atoms with Gasteiger partial charge in [0.1, 0.15) is 12.4 Å². The topological polar surface area (TPSA) is 48.1 Å². The van der Waals surface area contributed by atoms with Gasteiger partial charge in [0.15, 0.2) is 0 Å². The molecule has 0 fully saturated rings. The number of hydrogen-bond donors (Lipinski definition) is 1. The van der Waals surface area contributed by atoms with E-state index in [4.69, 9.17) is 10.5 Å². The van der Waals surface area contributed by atoms with Crippen LogP contribution in [-0.4, -0.2) is 11.5 Å². The Hall–Kier alpha value is -1.87. The largest absolute Gasteiger partial charge is 0.489 e. The van der Waals surface area contributed by atoms with Gasteiger partial charge < -0.3 is 10.5 Å². The number of benzene rings is 1. The summed E-state index contributed by atoms with van der Waals surface area (Å²) in [7, 11) is 0. The number of aryl methyl sites for hydroxylation is 1. The maximum atomic E-state index is 5.69. The smallest absolute Gasteiger partial charge is 0.119 e. The average Bonchev–Trinajstić information content (AvgIpc) is 2.45. The molecule has 3 heteroatoms. The van der Waals surface area contributed by atoms with Gasteiger partial charge >= 0.3 is 0 Å². The number of nitrogens with two attached hydrogens (primary N) is 1. The van der Waals surface area contributed by atoms with Crippen LogP contribution in [0.5, 0.6) is 5.75 Å². The number of nitrogens with zero attached hydrogens (tertiary/aromatic N) is 1. The van der Waals surface area contributed by atoms with E-state index in [1.54, 1.807) is 6.20 Å². The zero-order valence-electron chi connectivity index (χ0n) is 10.4. The van der Waals surface area contributed by atoms with Crippen molar-refractivity contribution in [1.82, 2.24) is 4.98 Å². The van der Waals surface area contributed by atoms with Crippen LogP contribution in [0.1, 0.15) is 17.5 Å². The molecule has 1 aromatic heterocycles. The van der Waals surface area contributed by atoms with Crippen molar-refractivity contribution in [2.24, 2.45) is 5.73 Å². The molecule has 0 unspecified atom stereocenters. The van der Waals surface area contributed by atoms with E-state index in [0.717, 1.165) is 30.7 Å². The van der Waals surface area contributed by atoms with E-state index in [2.05, 4.69) is 17.1 Å². The molecular formula is C15H18N2O. The summed E-state index contributed by atoms with van der Waals surface area (Å²) in [6.45, 7) is 1.29. The lowest BCUT2D eigenvalue weighted by Gasteiger charge is -2.07. The maximum absolute atomic E-state index is 5.69. The minimum atomic E-state index is 0.552. The lowest BCUT2D eigenvalue weighted by molar-refractivity contribution is 0.305. The van der Waals surface area contributed by atoms with E-state index in [1.165, 1.54) is 5.56 Å². The Bertz CT molecular complexity index is 454. The molecule has 0 spiro atoms. The van der Waals surface area contributed by atoms with E-state index < -0.39 is 0 Å². The lowest BCUT2D eigenvalue weighted by atomic mass is 10.1. The highest BCUT2D eigenvalue weighted by Crippen LogP contribution is 2.14. The van der Waals surface area contributed by atoms with Gasteiger partial charge in [-0.3, -0.25) is 4.98 Å². The molecule has 2 aromatic rings. The Kier molecular flexibility index (Phi) is 4.73. The summed E-state index contributed by atoms with van der Waals surface area (Å²) in [6, 6.07) is 12.1. The molecule has 0 aliphatic heterocycles. The van der Waals surface area contributed by atoms with Gasteiger partial charge in [-0.1, -0.05) is 18.2 Å². The number of rotatable bonds is 6. The van der Waals surface area contributed by atoms with Crippen LogP contribution in [0.15, 0.2) is 48.8 Å². The van der Waals surface area contributed by atoms with Crippen molar-refractivity contribution in [3.05, 3.63) is 59.9 Å². The van der Waals surface area contributed by atoms with Crippen LogP contribution < -0.4 is 10.5 Å². The highest BCUT2D eigenvalue weighted by Gasteiger charge is 1.97. The van der Waals surface area contributed by atoms with Gasteiger partial charge in [0.2, 0.25) is 0 Å². The van der Waals surface area contributed by atoms with E-state index in [1.807, 2.05) is 30.5 Å². The molecule has 0 amide bonds. The Morgan fingerprint density at radius 3 is 2.56 bits per heavy atom. The second kappa shape index (κ2) is 6.77. The highest BCUT2D eigenvalue weighted by atomic mass is 16.5. The van der Waals surface area contributed by atoms with Crippen LogP contribution in [0.2, 0.25) is 0 Å². The molecule has 0 aliphatic rings. The zero-order valence-corrected chi connectivity index (χ0v) is 10.4. The van der Waals surface area contributed by atoms with Crippen molar-refractivity contribution in [3.63, 3.8) is 0 Å². The van der Waals surface area contributed by atoms with E-state index in [9.17, 15) is 0 Å². The molecule has 18 heavy (non-hydrogen) atoms. The number of ether oxygens (including phenoxy) is 1. The first-order valence-corrected chi connectivity index (χ1v) is 6.19. The molecule has 94 valence electrons. The van der Waals surface area contributed by atoms with Gasteiger partial charge in [0, 0.05) is 18.0 Å². The highest BCUT2D eigenvalue weighted by molar-refractivity contribution is 5.27. The van der Waals surface area contributed by atoms with Crippen LogP contribution in [0.4, 0.5) is 0 Å². The van der Waals surface area contributed by atoms with Crippen LogP contribution in [0, 0.1) is 0 Å². The standard InChI is InChI=1S/C15H18N2O/c16-9-1-3-13-5-7-15(8-6-13)18-12-14-4-2-10-17-11-14/h2,4-8,10-11H,1,3,9,12,16H2. The molecule has 3 nitrogen and oxygen atoms in total. The molecular weight excluding hydrogens is 224 g/mol. The first-order chi connectivity index (χ1) is 8.88. The van der Waals surface area contributed by atoms with E-state index in [-0.39, 0.29) is 0 Å². The Labute approximate surface area is 108 Å². The van der Waals surface area contributed by atoms with E-state index >= 15 is 0 Å². The third kappa shape index (κ3) is 3.86. The predicted molar refractivity (Wildman–Crippen MR) is 72.4 cm³/mol. The maximum Gasteiger partial charge on any atom is 0.119 e. The Balaban J connectivity index is 1.86. The normalized spacial score (nSPS) is 10.3. The third-order valence-electron chi connectivity index (χ3n) is 2.72. The van der Waals surface area contributed by atoms with Crippen LogP contribution in [-0.2, 0) is 13.0 Å². The second-order valence-corrected chi connectivity index (χ2v) is 4.19. The zero-order chi connectivity index (χ0) is 12.6. The number of hydrogen-bond acceptors (Lipinski definition) is 3. The lowest BCUT2D eigenvalue weighted by Crippen LogP contribution is -2.00. The summed E-state index contributed by atoms with van der Waals surface area (Å²) in [5, 5.41) is 0. The first-order valence-electron chi connectivity index (χ1n) is 6.19. The van der Waals surface area contributed by atoms with Crippen molar-refractivity contribution in [3.8, 4) is 5.75 Å². The second-order valence-electron chi connectivity index (χ2n) is 4.19. The summed E-state index contributed by atoms with van der Waals surface area (Å²) < 4.78 is 5.69. The third-order valence-corrected chi connectivity index (χ3v) is 2.72. The van der Waals surface area contributed by atoms with Crippen molar-refractivity contribution < 1.29 is 4.74 Å². The molecule has 0 saturated heterocycles. The summed E-state index contributed by atoms with van der Waals surface area (Å²) in [5.74, 6) is 0.885. The molecule has 0 atom stereocenters. The summed E-state index contributed by atoms with van der Waals surface area (Å²) in [6.07, 6.45) is 5.63. The summed E-state index contributed by atoms with van der Waals surface area (Å²) in [5.41, 5.74) is 7.86. The number of aromatic nitrogens is 1. The fraction of sp³-hybridized carbons (Fsp3) is 0.267. The molecule has 0 bridgehead atoms. The fourth-order valence-electron chi connectivity index (χ4n) is 1.71. The summed E-state index contributed by atoms with van der Waals surface area (Å²) >= 11 is 0. The first kappa shape index (κ1) is 12.6. The van der Waals surface area contributed by atoms with Crippen LogP contribution >= 0.6 is 0 Å².